The van der Waals surface area contributed by atoms with E-state index in [-0.39, 0.29) is 41.2 Å². The van der Waals surface area contributed by atoms with E-state index in [2.05, 4.69) is 15.7 Å². The molecule has 2 aliphatic heterocycles. The van der Waals surface area contributed by atoms with Gasteiger partial charge in [0.1, 0.15) is 5.82 Å². The van der Waals surface area contributed by atoms with Crippen LogP contribution in [0.4, 0.5) is 23.2 Å². The van der Waals surface area contributed by atoms with Crippen molar-refractivity contribution in [3.63, 3.8) is 0 Å². The Balaban J connectivity index is 1.39. The standard InChI is InChI=1S/C29H33ClF4N6O3S/c1-39-24(14-25(38-39)29(32,33)34)26(17-7-9-18(30)10-8-17)27(35)28(41)37-23-6-2-5-22(31)21(23)12-11-20-15-36-19-4-3-13-44(42,43)40(20)16-19/h2,5-10,14,19-20,26-27,36H,3-4,11-13,15-16,35H2,1H3,(H,37,41)/t19-,20+,26?,27?/m1/s1. The van der Waals surface area contributed by atoms with Crippen molar-refractivity contribution in [2.75, 3.05) is 24.2 Å². The number of nitrogens with one attached hydrogen (secondary N) is 2. The number of amides is 1. The van der Waals surface area contributed by atoms with Gasteiger partial charge < -0.3 is 16.4 Å². The molecule has 9 nitrogen and oxygen atoms in total. The SMILES string of the molecule is Cn1nc(C(F)(F)F)cc1C(c1ccc(Cl)cc1)C(N)C(=O)Nc1cccc(F)c1CC[C@H]1CN[C@@H]2CCCS(=O)(=O)N1C2. The van der Waals surface area contributed by atoms with Crippen LogP contribution >= 0.6 is 11.6 Å². The first-order valence-corrected chi connectivity index (χ1v) is 16.2. The van der Waals surface area contributed by atoms with E-state index >= 15 is 4.39 Å². The highest BCUT2D eigenvalue weighted by Gasteiger charge is 2.39. The van der Waals surface area contributed by atoms with Gasteiger partial charge in [0.05, 0.1) is 17.7 Å². The number of rotatable bonds is 8. The Hall–Kier alpha value is -3.04. The molecule has 0 aliphatic carbocycles. The average Bonchev–Trinajstić information content (AvgIpc) is 3.30. The van der Waals surface area contributed by atoms with Crippen molar-refractivity contribution in [3.05, 3.63) is 81.9 Å². The zero-order valence-corrected chi connectivity index (χ0v) is 25.4. The van der Waals surface area contributed by atoms with E-state index in [0.717, 1.165) is 17.2 Å². The van der Waals surface area contributed by atoms with Crippen molar-refractivity contribution in [2.45, 2.75) is 55.9 Å². The van der Waals surface area contributed by atoms with Gasteiger partial charge in [-0.1, -0.05) is 29.8 Å². The Morgan fingerprint density at radius 3 is 2.64 bits per heavy atom. The summed E-state index contributed by atoms with van der Waals surface area (Å²) in [4.78, 5) is 13.6. The Morgan fingerprint density at radius 2 is 1.95 bits per heavy atom. The predicted octanol–water partition coefficient (Wildman–Crippen LogP) is 4.03. The number of fused-ring (bicyclic) bond motifs is 2. The number of nitrogens with zero attached hydrogens (tertiary/aromatic N) is 3. The molecule has 2 bridgehead atoms. The van der Waals surface area contributed by atoms with Gasteiger partial charge in [0.25, 0.3) is 0 Å². The van der Waals surface area contributed by atoms with Crippen molar-refractivity contribution in [1.82, 2.24) is 19.4 Å². The molecule has 0 radical (unpaired) electrons. The topological polar surface area (TPSA) is 122 Å². The number of benzene rings is 2. The summed E-state index contributed by atoms with van der Waals surface area (Å²) in [5, 5.41) is 10.0. The first-order chi connectivity index (χ1) is 20.7. The Kier molecular flexibility index (Phi) is 9.38. The van der Waals surface area contributed by atoms with Gasteiger partial charge in [-0.05, 0) is 61.6 Å². The van der Waals surface area contributed by atoms with Gasteiger partial charge in [0, 0.05) is 54.2 Å². The fourth-order valence-corrected chi connectivity index (χ4v) is 7.93. The van der Waals surface area contributed by atoms with Crippen molar-refractivity contribution in [3.8, 4) is 0 Å². The maximum atomic E-state index is 15.2. The molecule has 0 spiro atoms. The Morgan fingerprint density at radius 1 is 1.23 bits per heavy atom. The minimum atomic E-state index is -4.72. The predicted molar refractivity (Wildman–Crippen MR) is 158 cm³/mol. The van der Waals surface area contributed by atoms with Crippen LogP contribution < -0.4 is 16.4 Å². The van der Waals surface area contributed by atoms with Crippen LogP contribution in [-0.4, -0.2) is 65.4 Å². The number of piperazine rings is 1. The van der Waals surface area contributed by atoms with Crippen LogP contribution in [0, 0.1) is 5.82 Å². The van der Waals surface area contributed by atoms with Gasteiger partial charge in [-0.25, -0.2) is 12.8 Å². The smallest absolute Gasteiger partial charge is 0.324 e. The highest BCUT2D eigenvalue weighted by atomic mass is 35.5. The van der Waals surface area contributed by atoms with E-state index in [1.54, 1.807) is 12.1 Å². The van der Waals surface area contributed by atoms with E-state index in [9.17, 15) is 26.4 Å². The van der Waals surface area contributed by atoms with E-state index in [0.29, 0.717) is 36.5 Å². The number of carbonyl (C=O) groups excluding carboxylic acids is 1. The second-order valence-electron chi connectivity index (χ2n) is 11.2. The summed E-state index contributed by atoms with van der Waals surface area (Å²) in [7, 11) is -2.12. The lowest BCUT2D eigenvalue weighted by Crippen LogP contribution is -2.57. The fourth-order valence-electron chi connectivity index (χ4n) is 6.00. The van der Waals surface area contributed by atoms with E-state index in [1.807, 2.05) is 0 Å². The van der Waals surface area contributed by atoms with Crippen LogP contribution in [0.2, 0.25) is 5.02 Å². The van der Waals surface area contributed by atoms with Crippen LogP contribution in [0.5, 0.6) is 0 Å². The number of alkyl halides is 3. The summed E-state index contributed by atoms with van der Waals surface area (Å²) in [6, 6.07) is 9.48. The molecule has 5 rings (SSSR count). The van der Waals surface area contributed by atoms with Gasteiger partial charge in [-0.3, -0.25) is 9.48 Å². The molecule has 44 heavy (non-hydrogen) atoms. The van der Waals surface area contributed by atoms with Gasteiger partial charge in [0.2, 0.25) is 15.9 Å². The largest absolute Gasteiger partial charge is 0.435 e. The third-order valence-electron chi connectivity index (χ3n) is 8.28. The number of hydrogen-bond donors (Lipinski definition) is 3. The molecule has 2 fully saturated rings. The van der Waals surface area contributed by atoms with Crippen LogP contribution in [-0.2, 0) is 34.5 Å². The molecule has 238 valence electrons. The van der Waals surface area contributed by atoms with Crippen LogP contribution in [0.3, 0.4) is 0 Å². The summed E-state index contributed by atoms with van der Waals surface area (Å²) in [5.74, 6) is -2.35. The summed E-state index contributed by atoms with van der Waals surface area (Å²) in [6.45, 7) is 0.789. The van der Waals surface area contributed by atoms with E-state index in [4.69, 9.17) is 17.3 Å². The van der Waals surface area contributed by atoms with Crippen molar-refractivity contribution < 1.29 is 30.8 Å². The van der Waals surface area contributed by atoms with Gasteiger partial charge in [-0.2, -0.15) is 22.6 Å². The summed E-state index contributed by atoms with van der Waals surface area (Å²) in [5.41, 5.74) is 6.08. The number of carbonyl (C=O) groups is 1. The number of nitrogens with two attached hydrogens (primary N) is 1. The average molecular weight is 657 g/mol. The normalized spacial score (nSPS) is 23.0. The van der Waals surface area contributed by atoms with Crippen molar-refractivity contribution in [2.24, 2.45) is 12.8 Å². The molecule has 4 N–H and O–H groups in total. The molecular formula is C29H33ClF4N6O3S. The zero-order chi connectivity index (χ0) is 31.8. The lowest BCUT2D eigenvalue weighted by atomic mass is 9.88. The zero-order valence-electron chi connectivity index (χ0n) is 23.8. The molecule has 5 atom stereocenters. The highest BCUT2D eigenvalue weighted by molar-refractivity contribution is 7.89. The number of aromatic nitrogens is 2. The molecular weight excluding hydrogens is 624 g/mol. The van der Waals surface area contributed by atoms with E-state index in [1.165, 1.54) is 41.7 Å². The molecule has 3 aromatic rings. The maximum Gasteiger partial charge on any atom is 0.435 e. The second kappa shape index (κ2) is 12.8. The number of halogens is 5. The Labute approximate surface area is 257 Å². The minimum Gasteiger partial charge on any atom is -0.324 e. The Bertz CT molecular complexity index is 1620. The highest BCUT2D eigenvalue weighted by Crippen LogP contribution is 2.35. The first-order valence-electron chi connectivity index (χ1n) is 14.2. The van der Waals surface area contributed by atoms with Crippen molar-refractivity contribution >= 4 is 33.2 Å². The van der Waals surface area contributed by atoms with Gasteiger partial charge in [-0.15, -0.1) is 0 Å². The molecule has 2 aromatic carbocycles. The third kappa shape index (κ3) is 6.94. The first kappa shape index (κ1) is 32.4. The van der Waals surface area contributed by atoms with Gasteiger partial charge >= 0.3 is 6.18 Å². The lowest BCUT2D eigenvalue weighted by molar-refractivity contribution is -0.141. The number of hydrogen-bond acceptors (Lipinski definition) is 6. The molecule has 2 saturated heterocycles. The molecule has 1 aromatic heterocycles. The van der Waals surface area contributed by atoms with Crippen molar-refractivity contribution in [1.29, 1.82) is 0 Å². The van der Waals surface area contributed by atoms with E-state index < -0.39 is 45.6 Å². The fraction of sp³-hybridized carbons (Fsp3) is 0.448. The summed E-state index contributed by atoms with van der Waals surface area (Å²) >= 11 is 6.02. The number of anilines is 1. The molecule has 1 amide bonds. The molecule has 3 unspecified atom stereocenters. The minimum absolute atomic E-state index is 0.0449. The second-order valence-corrected chi connectivity index (χ2v) is 13.7. The summed E-state index contributed by atoms with van der Waals surface area (Å²) < 4.78 is 83.9. The van der Waals surface area contributed by atoms with Gasteiger partial charge in [0.15, 0.2) is 5.69 Å². The molecule has 2 aliphatic rings. The maximum absolute atomic E-state index is 15.2. The summed E-state index contributed by atoms with van der Waals surface area (Å²) in [6.07, 6.45) is -2.96. The number of sulfonamides is 1. The third-order valence-corrected chi connectivity index (χ3v) is 10.5. The molecule has 3 heterocycles. The van der Waals surface area contributed by atoms with Crippen LogP contribution in [0.15, 0.2) is 48.5 Å². The lowest BCUT2D eigenvalue weighted by Gasteiger charge is -2.37. The molecule has 15 heteroatoms. The monoisotopic (exact) mass is 656 g/mol. The van der Waals surface area contributed by atoms with Crippen LogP contribution in [0.1, 0.15) is 47.7 Å². The quantitative estimate of drug-likeness (QED) is 0.315. The number of aryl methyl sites for hydroxylation is 1. The van der Waals surface area contributed by atoms with Crippen LogP contribution in [0.25, 0.3) is 0 Å². The molecule has 0 saturated carbocycles.